The topological polar surface area (TPSA) is 60.2 Å². The molecule has 2 fully saturated rings. The van der Waals surface area contributed by atoms with Gasteiger partial charge < -0.3 is 9.64 Å². The molecule has 0 bridgehead atoms. The van der Waals surface area contributed by atoms with Crippen molar-refractivity contribution in [2.75, 3.05) is 13.7 Å². The van der Waals surface area contributed by atoms with E-state index >= 15 is 0 Å². The molecule has 1 aliphatic carbocycles. The van der Waals surface area contributed by atoms with Crippen LogP contribution >= 0.6 is 0 Å². The zero-order valence-corrected chi connectivity index (χ0v) is 16.7. The van der Waals surface area contributed by atoms with Crippen LogP contribution < -0.4 is 4.74 Å². The first-order valence-electron chi connectivity index (χ1n) is 10.6. The average molecular weight is 383 g/mol. The number of nitrogens with zero attached hydrogens (tertiary/aromatic N) is 4. The maximum atomic E-state index is 13.1. The summed E-state index contributed by atoms with van der Waals surface area (Å²) in [5.74, 6) is 1.60. The van der Waals surface area contributed by atoms with Gasteiger partial charge in [0.05, 0.1) is 19.3 Å². The van der Waals surface area contributed by atoms with Crippen molar-refractivity contribution in [3.05, 3.63) is 41.7 Å². The molecule has 6 heteroatoms. The summed E-state index contributed by atoms with van der Waals surface area (Å²) in [6.45, 7) is 1.61. The molecule has 1 saturated heterocycles. The van der Waals surface area contributed by atoms with E-state index in [1.54, 1.807) is 7.11 Å². The Morgan fingerprint density at radius 2 is 2.04 bits per heavy atom. The standard InChI is InChI=1S/C22H30N4O2/c1-28-19-10-5-9-18(15-19)21-11-6-13-26(21)22(27)20-16-25(24-23-20)14-12-17-7-3-2-4-8-17/h5,9-10,15-17,21H,2-4,6-8,11-14H2,1H3/t21-/m1/s1. The van der Waals surface area contributed by atoms with Crippen molar-refractivity contribution in [3.8, 4) is 5.75 Å². The predicted octanol–water partition coefficient (Wildman–Crippen LogP) is 4.23. The third-order valence-corrected chi connectivity index (χ3v) is 6.24. The Bertz CT molecular complexity index is 797. The average Bonchev–Trinajstić information content (AvgIpc) is 3.42. The highest BCUT2D eigenvalue weighted by molar-refractivity contribution is 5.92. The molecule has 28 heavy (non-hydrogen) atoms. The molecule has 1 aromatic carbocycles. The number of aromatic nitrogens is 3. The molecule has 2 aromatic rings. The molecular formula is C22H30N4O2. The number of amides is 1. The highest BCUT2D eigenvalue weighted by Gasteiger charge is 2.32. The van der Waals surface area contributed by atoms with Crippen LogP contribution in [-0.2, 0) is 6.54 Å². The summed E-state index contributed by atoms with van der Waals surface area (Å²) < 4.78 is 7.19. The molecule has 1 aliphatic heterocycles. The lowest BCUT2D eigenvalue weighted by molar-refractivity contribution is 0.0729. The van der Waals surface area contributed by atoms with Gasteiger partial charge in [-0.05, 0) is 42.9 Å². The first kappa shape index (κ1) is 19.0. The number of aryl methyl sites for hydroxylation is 1. The SMILES string of the molecule is COc1cccc([C@H]2CCCN2C(=O)c2cn(CCC3CCCCC3)nn2)c1. The number of likely N-dealkylation sites (tertiary alicyclic amines) is 1. The van der Waals surface area contributed by atoms with Crippen LogP contribution in [0.4, 0.5) is 0 Å². The minimum absolute atomic E-state index is 0.0192. The quantitative estimate of drug-likeness (QED) is 0.750. The number of hydrogen-bond donors (Lipinski definition) is 0. The first-order valence-corrected chi connectivity index (χ1v) is 10.6. The lowest BCUT2D eigenvalue weighted by atomic mass is 9.87. The van der Waals surface area contributed by atoms with Gasteiger partial charge in [0, 0.05) is 13.1 Å². The fourth-order valence-corrected chi connectivity index (χ4v) is 4.65. The maximum Gasteiger partial charge on any atom is 0.276 e. The van der Waals surface area contributed by atoms with E-state index in [9.17, 15) is 4.79 Å². The monoisotopic (exact) mass is 382 g/mol. The van der Waals surface area contributed by atoms with E-state index < -0.39 is 0 Å². The molecule has 0 unspecified atom stereocenters. The lowest BCUT2D eigenvalue weighted by Crippen LogP contribution is -2.30. The second-order valence-electron chi connectivity index (χ2n) is 8.09. The Morgan fingerprint density at radius 1 is 1.18 bits per heavy atom. The summed E-state index contributed by atoms with van der Waals surface area (Å²) in [6, 6.07) is 8.09. The number of carbonyl (C=O) groups excluding carboxylic acids is 1. The smallest absolute Gasteiger partial charge is 0.276 e. The van der Waals surface area contributed by atoms with Crippen LogP contribution in [0.15, 0.2) is 30.5 Å². The molecule has 0 radical (unpaired) electrons. The van der Waals surface area contributed by atoms with Gasteiger partial charge in [-0.2, -0.15) is 0 Å². The zero-order valence-electron chi connectivity index (χ0n) is 16.7. The van der Waals surface area contributed by atoms with Crippen molar-refractivity contribution in [2.24, 2.45) is 5.92 Å². The van der Waals surface area contributed by atoms with E-state index in [1.165, 1.54) is 32.1 Å². The number of ether oxygens (including phenoxy) is 1. The molecule has 4 rings (SSSR count). The van der Waals surface area contributed by atoms with Crippen LogP contribution in [0.25, 0.3) is 0 Å². The maximum absolute atomic E-state index is 13.1. The molecule has 1 atom stereocenters. The van der Waals surface area contributed by atoms with Crippen LogP contribution in [0.3, 0.4) is 0 Å². The van der Waals surface area contributed by atoms with E-state index in [0.717, 1.165) is 49.6 Å². The van der Waals surface area contributed by atoms with Crippen LogP contribution in [0.2, 0.25) is 0 Å². The number of carbonyl (C=O) groups is 1. The summed E-state index contributed by atoms with van der Waals surface area (Å²) in [4.78, 5) is 15.0. The molecule has 1 aromatic heterocycles. The van der Waals surface area contributed by atoms with E-state index in [4.69, 9.17) is 4.74 Å². The number of hydrogen-bond acceptors (Lipinski definition) is 4. The molecule has 6 nitrogen and oxygen atoms in total. The molecule has 0 N–H and O–H groups in total. The van der Waals surface area contributed by atoms with E-state index in [-0.39, 0.29) is 11.9 Å². The van der Waals surface area contributed by atoms with Gasteiger partial charge in [-0.15, -0.1) is 5.10 Å². The van der Waals surface area contributed by atoms with E-state index in [0.29, 0.717) is 5.69 Å². The van der Waals surface area contributed by atoms with Crippen molar-refractivity contribution in [2.45, 2.75) is 64.0 Å². The molecular weight excluding hydrogens is 352 g/mol. The Morgan fingerprint density at radius 3 is 2.86 bits per heavy atom. The van der Waals surface area contributed by atoms with Crippen LogP contribution in [0, 0.1) is 5.92 Å². The van der Waals surface area contributed by atoms with Crippen molar-refractivity contribution in [1.82, 2.24) is 19.9 Å². The Balaban J connectivity index is 1.41. The fourth-order valence-electron chi connectivity index (χ4n) is 4.65. The predicted molar refractivity (Wildman–Crippen MR) is 107 cm³/mol. The Hall–Kier alpha value is -2.37. The summed E-state index contributed by atoms with van der Waals surface area (Å²) >= 11 is 0. The van der Waals surface area contributed by atoms with Crippen molar-refractivity contribution in [1.29, 1.82) is 0 Å². The van der Waals surface area contributed by atoms with Gasteiger partial charge in [0.15, 0.2) is 5.69 Å². The van der Waals surface area contributed by atoms with Crippen molar-refractivity contribution in [3.63, 3.8) is 0 Å². The molecule has 1 saturated carbocycles. The van der Waals surface area contributed by atoms with Crippen molar-refractivity contribution < 1.29 is 9.53 Å². The highest BCUT2D eigenvalue weighted by Crippen LogP contribution is 2.34. The van der Waals surface area contributed by atoms with Gasteiger partial charge in [-0.3, -0.25) is 9.48 Å². The number of benzene rings is 1. The van der Waals surface area contributed by atoms with Gasteiger partial charge in [0.25, 0.3) is 5.91 Å². The lowest BCUT2D eigenvalue weighted by Gasteiger charge is -2.24. The summed E-state index contributed by atoms with van der Waals surface area (Å²) in [7, 11) is 1.67. The minimum atomic E-state index is -0.0192. The second-order valence-corrected chi connectivity index (χ2v) is 8.09. The van der Waals surface area contributed by atoms with Gasteiger partial charge in [0.1, 0.15) is 5.75 Å². The van der Waals surface area contributed by atoms with Gasteiger partial charge in [0.2, 0.25) is 0 Å². The summed E-state index contributed by atoms with van der Waals surface area (Å²) in [5.41, 5.74) is 1.58. The van der Waals surface area contributed by atoms with E-state index in [2.05, 4.69) is 16.4 Å². The molecule has 1 amide bonds. The van der Waals surface area contributed by atoms with E-state index in [1.807, 2.05) is 34.0 Å². The minimum Gasteiger partial charge on any atom is -0.497 e. The molecule has 0 spiro atoms. The first-order chi connectivity index (χ1) is 13.7. The van der Waals surface area contributed by atoms with Crippen LogP contribution in [0.1, 0.15) is 73.5 Å². The van der Waals surface area contributed by atoms with Crippen LogP contribution in [-0.4, -0.2) is 39.5 Å². The Labute approximate surface area is 166 Å². The van der Waals surface area contributed by atoms with Gasteiger partial charge >= 0.3 is 0 Å². The normalized spacial score (nSPS) is 20.5. The van der Waals surface area contributed by atoms with Crippen molar-refractivity contribution >= 4 is 5.91 Å². The third-order valence-electron chi connectivity index (χ3n) is 6.24. The highest BCUT2D eigenvalue weighted by atomic mass is 16.5. The van der Waals surface area contributed by atoms with Gasteiger partial charge in [-0.25, -0.2) is 0 Å². The summed E-state index contributed by atoms with van der Waals surface area (Å²) in [5, 5.41) is 8.40. The summed E-state index contributed by atoms with van der Waals surface area (Å²) in [6.07, 6.45) is 11.7. The number of rotatable bonds is 6. The Kier molecular flexibility index (Phi) is 5.93. The third kappa shape index (κ3) is 4.21. The molecule has 2 heterocycles. The fraction of sp³-hybridized carbons (Fsp3) is 0.591. The number of methoxy groups -OCH3 is 1. The zero-order chi connectivity index (χ0) is 19.3. The second kappa shape index (κ2) is 8.76. The largest absolute Gasteiger partial charge is 0.497 e. The van der Waals surface area contributed by atoms with Crippen LogP contribution in [0.5, 0.6) is 5.75 Å². The molecule has 2 aliphatic rings. The molecule has 150 valence electrons. The van der Waals surface area contributed by atoms with Gasteiger partial charge in [-0.1, -0.05) is 49.5 Å².